The molecule has 0 spiro atoms. The minimum atomic E-state index is -3.87. The lowest BCUT2D eigenvalue weighted by atomic mass is 10.1. The maximum Gasteiger partial charge on any atom is 0.246 e. The highest BCUT2D eigenvalue weighted by molar-refractivity contribution is 7.89. The molecule has 1 aromatic rings. The lowest BCUT2D eigenvalue weighted by Gasteiger charge is -2.38. The van der Waals surface area contributed by atoms with Gasteiger partial charge in [-0.1, -0.05) is 11.6 Å². The van der Waals surface area contributed by atoms with Crippen molar-refractivity contribution in [3.8, 4) is 0 Å². The molecule has 0 amide bonds. The van der Waals surface area contributed by atoms with Crippen LogP contribution < -0.4 is 0 Å². The van der Waals surface area contributed by atoms with Crippen molar-refractivity contribution in [1.82, 2.24) is 9.21 Å². The minimum absolute atomic E-state index is 0.129. The Morgan fingerprint density at radius 1 is 1.28 bits per heavy atom. The molecule has 140 valence electrons. The summed E-state index contributed by atoms with van der Waals surface area (Å²) >= 11 is 5.74. The summed E-state index contributed by atoms with van der Waals surface area (Å²) in [4.78, 5) is 1.95. The van der Waals surface area contributed by atoms with Gasteiger partial charge >= 0.3 is 0 Å². The van der Waals surface area contributed by atoms with Gasteiger partial charge in [0, 0.05) is 37.2 Å². The fraction of sp³-hybridized carbons (Fsp3) is 0.647. The first-order chi connectivity index (χ1) is 11.8. The molecule has 0 aromatic heterocycles. The van der Waals surface area contributed by atoms with Crippen molar-refractivity contribution in [3.05, 3.63) is 29.0 Å². The topological polar surface area (TPSA) is 49.9 Å². The van der Waals surface area contributed by atoms with Gasteiger partial charge in [-0.2, -0.15) is 4.31 Å². The summed E-state index contributed by atoms with van der Waals surface area (Å²) < 4.78 is 47.2. The molecule has 0 N–H and O–H groups in total. The van der Waals surface area contributed by atoms with Crippen LogP contribution in [0.2, 0.25) is 5.02 Å². The summed E-state index contributed by atoms with van der Waals surface area (Å²) in [6.45, 7) is 6.68. The Bertz CT molecular complexity index is 721. The zero-order chi connectivity index (χ0) is 18.2. The third kappa shape index (κ3) is 4.17. The van der Waals surface area contributed by atoms with Gasteiger partial charge in [0.15, 0.2) is 0 Å². The summed E-state index contributed by atoms with van der Waals surface area (Å²) in [6, 6.07) is 3.57. The first-order valence-corrected chi connectivity index (χ1v) is 10.4. The van der Waals surface area contributed by atoms with E-state index in [0.29, 0.717) is 13.1 Å². The standard InChI is InChI=1S/C17H24ClFN2O3S/c1-12-9-20(10-13(2)24-12)11-15-4-3-7-21(15)25(22,23)17-6-5-14(18)8-16(17)19/h5-6,8,12-13,15H,3-4,7,9-11H2,1-2H3. The van der Waals surface area contributed by atoms with Crippen LogP contribution in [0.4, 0.5) is 4.39 Å². The van der Waals surface area contributed by atoms with Gasteiger partial charge in [0.1, 0.15) is 10.7 Å². The molecule has 2 aliphatic rings. The zero-order valence-electron chi connectivity index (χ0n) is 14.5. The van der Waals surface area contributed by atoms with Crippen molar-refractivity contribution in [2.75, 3.05) is 26.2 Å². The number of hydrogen-bond donors (Lipinski definition) is 0. The van der Waals surface area contributed by atoms with Crippen LogP contribution in [-0.2, 0) is 14.8 Å². The van der Waals surface area contributed by atoms with Crippen LogP contribution in [0.5, 0.6) is 0 Å². The predicted octanol–water partition coefficient (Wildman–Crippen LogP) is 2.74. The van der Waals surface area contributed by atoms with Crippen LogP contribution in [-0.4, -0.2) is 62.1 Å². The number of rotatable bonds is 4. The summed E-state index contributed by atoms with van der Waals surface area (Å²) in [7, 11) is -3.87. The van der Waals surface area contributed by atoms with Crippen molar-refractivity contribution < 1.29 is 17.5 Å². The van der Waals surface area contributed by atoms with Gasteiger partial charge in [-0.25, -0.2) is 12.8 Å². The smallest absolute Gasteiger partial charge is 0.246 e. The molecule has 2 heterocycles. The molecule has 0 bridgehead atoms. The van der Waals surface area contributed by atoms with Crippen molar-refractivity contribution >= 4 is 21.6 Å². The third-order valence-corrected chi connectivity index (χ3v) is 6.99. The van der Waals surface area contributed by atoms with E-state index >= 15 is 0 Å². The molecule has 0 aliphatic carbocycles. The number of nitrogens with zero attached hydrogens (tertiary/aromatic N) is 2. The van der Waals surface area contributed by atoms with E-state index in [1.165, 1.54) is 16.4 Å². The minimum Gasteiger partial charge on any atom is -0.373 e. The van der Waals surface area contributed by atoms with Gasteiger partial charge in [-0.3, -0.25) is 4.90 Å². The molecule has 2 fully saturated rings. The molecule has 0 radical (unpaired) electrons. The zero-order valence-corrected chi connectivity index (χ0v) is 16.1. The van der Waals surface area contributed by atoms with Crippen LogP contribution in [0.15, 0.2) is 23.1 Å². The lowest BCUT2D eigenvalue weighted by molar-refractivity contribution is -0.0707. The Balaban J connectivity index is 1.78. The molecule has 25 heavy (non-hydrogen) atoms. The Hall–Kier alpha value is -0.730. The number of ether oxygens (including phenoxy) is 1. The highest BCUT2D eigenvalue weighted by atomic mass is 35.5. The van der Waals surface area contributed by atoms with Crippen LogP contribution in [0, 0.1) is 5.82 Å². The molecule has 5 nitrogen and oxygen atoms in total. The van der Waals surface area contributed by atoms with Crippen LogP contribution in [0.25, 0.3) is 0 Å². The van der Waals surface area contributed by atoms with Gasteiger partial charge in [0.25, 0.3) is 0 Å². The summed E-state index contributed by atoms with van der Waals surface area (Å²) in [6.07, 6.45) is 1.83. The van der Waals surface area contributed by atoms with Crippen molar-refractivity contribution in [2.24, 2.45) is 0 Å². The van der Waals surface area contributed by atoms with Gasteiger partial charge in [0.2, 0.25) is 10.0 Å². The second-order valence-electron chi connectivity index (χ2n) is 6.96. The first kappa shape index (κ1) is 19.0. The second kappa shape index (κ2) is 7.48. The van der Waals surface area contributed by atoms with Crippen LogP contribution in [0.3, 0.4) is 0 Å². The van der Waals surface area contributed by atoms with Gasteiger partial charge in [-0.15, -0.1) is 0 Å². The molecule has 2 saturated heterocycles. The molecule has 0 saturated carbocycles. The summed E-state index contributed by atoms with van der Waals surface area (Å²) in [5.74, 6) is -0.799. The Kier molecular flexibility index (Phi) is 5.70. The average molecular weight is 391 g/mol. The maximum absolute atomic E-state index is 14.2. The number of sulfonamides is 1. The van der Waals surface area contributed by atoms with Crippen LogP contribution >= 0.6 is 11.6 Å². The van der Waals surface area contributed by atoms with E-state index in [-0.39, 0.29) is 28.2 Å². The van der Waals surface area contributed by atoms with E-state index in [9.17, 15) is 12.8 Å². The Labute approximate surface area is 153 Å². The number of benzene rings is 1. The van der Waals surface area contributed by atoms with E-state index in [0.717, 1.165) is 32.0 Å². The van der Waals surface area contributed by atoms with Crippen molar-refractivity contribution in [2.45, 2.75) is 49.8 Å². The van der Waals surface area contributed by atoms with Gasteiger partial charge < -0.3 is 4.74 Å². The van der Waals surface area contributed by atoms with E-state index in [4.69, 9.17) is 16.3 Å². The van der Waals surface area contributed by atoms with Gasteiger partial charge in [0.05, 0.1) is 12.2 Å². The van der Waals surface area contributed by atoms with Crippen LogP contribution in [0.1, 0.15) is 26.7 Å². The third-order valence-electron chi connectivity index (χ3n) is 4.77. The highest BCUT2D eigenvalue weighted by Crippen LogP contribution is 2.29. The SMILES string of the molecule is CC1CN(CC2CCCN2S(=O)(=O)c2ccc(Cl)cc2F)CC(C)O1. The average Bonchev–Trinajstić information content (AvgIpc) is 2.94. The number of halogens is 2. The monoisotopic (exact) mass is 390 g/mol. The lowest BCUT2D eigenvalue weighted by Crippen LogP contribution is -2.50. The molecule has 3 atom stereocenters. The fourth-order valence-electron chi connectivity index (χ4n) is 3.85. The predicted molar refractivity (Wildman–Crippen MR) is 94.8 cm³/mol. The Morgan fingerprint density at radius 3 is 2.60 bits per heavy atom. The van der Waals surface area contributed by atoms with Crippen molar-refractivity contribution in [3.63, 3.8) is 0 Å². The number of hydrogen-bond acceptors (Lipinski definition) is 4. The van der Waals surface area contributed by atoms with Crippen molar-refractivity contribution in [1.29, 1.82) is 0 Å². The van der Waals surface area contributed by atoms with E-state index < -0.39 is 15.8 Å². The molecule has 1 aromatic carbocycles. The van der Waals surface area contributed by atoms with E-state index in [1.807, 2.05) is 13.8 Å². The summed E-state index contributed by atoms with van der Waals surface area (Å²) in [5.41, 5.74) is 0. The molecule has 2 aliphatic heterocycles. The summed E-state index contributed by atoms with van der Waals surface area (Å²) in [5, 5.41) is 0.186. The normalized spacial score (nSPS) is 29.2. The Morgan fingerprint density at radius 2 is 1.96 bits per heavy atom. The maximum atomic E-state index is 14.2. The fourth-order valence-corrected chi connectivity index (χ4v) is 5.74. The molecule has 3 rings (SSSR count). The largest absolute Gasteiger partial charge is 0.373 e. The van der Waals surface area contributed by atoms with E-state index in [1.54, 1.807) is 0 Å². The molecule has 8 heteroatoms. The quantitative estimate of drug-likeness (QED) is 0.793. The van der Waals surface area contributed by atoms with E-state index in [2.05, 4.69) is 4.90 Å². The molecular formula is C17H24ClFN2O3S. The first-order valence-electron chi connectivity index (χ1n) is 8.62. The molecular weight excluding hydrogens is 367 g/mol. The highest BCUT2D eigenvalue weighted by Gasteiger charge is 2.38. The second-order valence-corrected chi connectivity index (χ2v) is 9.26. The molecule has 3 unspecified atom stereocenters. The van der Waals surface area contributed by atoms with Gasteiger partial charge in [-0.05, 0) is 44.9 Å². The number of morpholine rings is 1.